The predicted octanol–water partition coefficient (Wildman–Crippen LogP) is 2.28. The number of nitrogens with two attached hydrogens (primary N) is 1. The number of pyridine rings is 1. The van der Waals surface area contributed by atoms with Crippen LogP contribution in [0.15, 0.2) is 36.4 Å². The molecule has 4 heteroatoms. The minimum atomic E-state index is 0.504. The van der Waals surface area contributed by atoms with Crippen LogP contribution in [-0.2, 0) is 12.8 Å². The van der Waals surface area contributed by atoms with Gasteiger partial charge in [-0.1, -0.05) is 24.3 Å². The number of nitrogen functional groups attached to an aromatic ring is 1. The summed E-state index contributed by atoms with van der Waals surface area (Å²) in [4.78, 5) is 6.79. The Balaban J connectivity index is 1.83. The van der Waals surface area contributed by atoms with E-state index in [1.54, 1.807) is 7.11 Å². The quantitative estimate of drug-likeness (QED) is 0.908. The molecule has 0 bridgehead atoms. The molecule has 20 heavy (non-hydrogen) atoms. The van der Waals surface area contributed by atoms with Crippen LogP contribution in [0, 0.1) is 0 Å². The van der Waals surface area contributed by atoms with Crippen LogP contribution >= 0.6 is 0 Å². The molecule has 0 unspecified atom stereocenters. The smallest absolute Gasteiger partial charge is 0.238 e. The first-order valence-electron chi connectivity index (χ1n) is 6.90. The minimum absolute atomic E-state index is 0.504. The van der Waals surface area contributed by atoms with Crippen LogP contribution in [0.3, 0.4) is 0 Å². The summed E-state index contributed by atoms with van der Waals surface area (Å²) in [6, 6.07) is 12.5. The fourth-order valence-electron chi connectivity index (χ4n) is 2.68. The topological polar surface area (TPSA) is 51.4 Å². The molecule has 0 atom stereocenters. The highest BCUT2D eigenvalue weighted by atomic mass is 16.5. The van der Waals surface area contributed by atoms with Crippen LogP contribution in [0.4, 0.5) is 11.5 Å². The monoisotopic (exact) mass is 269 g/mol. The maximum Gasteiger partial charge on any atom is 0.238 e. The molecule has 0 spiro atoms. The first-order chi connectivity index (χ1) is 9.78. The van der Waals surface area contributed by atoms with E-state index in [2.05, 4.69) is 34.1 Å². The van der Waals surface area contributed by atoms with Crippen molar-refractivity contribution in [1.82, 2.24) is 4.98 Å². The van der Waals surface area contributed by atoms with Crippen LogP contribution in [0.1, 0.15) is 11.1 Å². The lowest BCUT2D eigenvalue weighted by molar-refractivity contribution is 0.400. The number of hydrogen-bond acceptors (Lipinski definition) is 4. The summed E-state index contributed by atoms with van der Waals surface area (Å²) in [6.07, 6.45) is 2.09. The lowest BCUT2D eigenvalue weighted by Crippen LogP contribution is -2.27. The number of aromatic nitrogens is 1. The van der Waals surface area contributed by atoms with Crippen molar-refractivity contribution in [2.45, 2.75) is 12.8 Å². The molecule has 3 rings (SSSR count). The first-order valence-corrected chi connectivity index (χ1v) is 6.90. The largest absolute Gasteiger partial charge is 0.479 e. The van der Waals surface area contributed by atoms with Crippen LogP contribution < -0.4 is 15.4 Å². The molecule has 1 aliphatic rings. The molecular weight excluding hydrogens is 250 g/mol. The van der Waals surface area contributed by atoms with Crippen LogP contribution in [-0.4, -0.2) is 25.2 Å². The fraction of sp³-hybridized carbons (Fsp3) is 0.312. The molecule has 1 aromatic carbocycles. The van der Waals surface area contributed by atoms with E-state index in [0.29, 0.717) is 11.6 Å². The minimum Gasteiger partial charge on any atom is -0.479 e. The van der Waals surface area contributed by atoms with Crippen LogP contribution in [0.2, 0.25) is 0 Å². The summed E-state index contributed by atoms with van der Waals surface area (Å²) >= 11 is 0. The Morgan fingerprint density at radius 1 is 1.05 bits per heavy atom. The third-order valence-electron chi connectivity index (χ3n) is 3.81. The highest BCUT2D eigenvalue weighted by molar-refractivity contribution is 5.55. The zero-order chi connectivity index (χ0) is 13.9. The second kappa shape index (κ2) is 5.41. The van der Waals surface area contributed by atoms with E-state index in [4.69, 9.17) is 10.5 Å². The van der Waals surface area contributed by atoms with Gasteiger partial charge < -0.3 is 15.4 Å². The van der Waals surface area contributed by atoms with Gasteiger partial charge in [-0.05, 0) is 36.1 Å². The number of nitrogens with zero attached hydrogens (tertiary/aromatic N) is 2. The number of hydrogen-bond donors (Lipinski definition) is 1. The van der Waals surface area contributed by atoms with Crippen LogP contribution in [0.25, 0.3) is 0 Å². The van der Waals surface area contributed by atoms with E-state index in [0.717, 1.165) is 31.7 Å². The average Bonchev–Trinajstić information content (AvgIpc) is 2.70. The van der Waals surface area contributed by atoms with E-state index >= 15 is 0 Å². The average molecular weight is 269 g/mol. The van der Waals surface area contributed by atoms with Gasteiger partial charge >= 0.3 is 0 Å². The molecule has 1 aromatic heterocycles. The predicted molar refractivity (Wildman–Crippen MR) is 81.3 cm³/mol. The van der Waals surface area contributed by atoms with E-state index in [1.807, 2.05) is 12.1 Å². The summed E-state index contributed by atoms with van der Waals surface area (Å²) in [7, 11) is 1.60. The summed E-state index contributed by atoms with van der Waals surface area (Å²) in [5, 5.41) is 0. The highest BCUT2D eigenvalue weighted by Crippen LogP contribution is 2.25. The lowest BCUT2D eigenvalue weighted by Gasteiger charge is -2.22. The van der Waals surface area contributed by atoms with E-state index in [1.165, 1.54) is 11.1 Å². The summed E-state index contributed by atoms with van der Waals surface area (Å²) in [6.45, 7) is 1.94. The molecule has 0 saturated heterocycles. The number of fused-ring (bicyclic) bond motifs is 1. The third-order valence-corrected chi connectivity index (χ3v) is 3.81. The normalized spacial score (nSPS) is 14.6. The van der Waals surface area contributed by atoms with Crippen molar-refractivity contribution < 1.29 is 4.74 Å². The molecule has 0 radical (unpaired) electrons. The summed E-state index contributed by atoms with van der Waals surface area (Å²) in [5.41, 5.74) is 9.29. The second-order valence-corrected chi connectivity index (χ2v) is 5.02. The number of benzene rings is 1. The Morgan fingerprint density at radius 3 is 2.30 bits per heavy atom. The zero-order valence-corrected chi connectivity index (χ0v) is 11.7. The van der Waals surface area contributed by atoms with Crippen molar-refractivity contribution in [2.75, 3.05) is 30.8 Å². The SMILES string of the molecule is COc1nc(N2CCc3ccccc3CC2)ccc1N. The molecule has 0 aliphatic carbocycles. The Hall–Kier alpha value is -2.23. The van der Waals surface area contributed by atoms with Crippen molar-refractivity contribution in [2.24, 2.45) is 0 Å². The fourth-order valence-corrected chi connectivity index (χ4v) is 2.68. The molecule has 0 amide bonds. The van der Waals surface area contributed by atoms with Gasteiger partial charge in [-0.15, -0.1) is 0 Å². The Bertz CT molecular complexity index is 585. The van der Waals surface area contributed by atoms with Gasteiger partial charge in [0.05, 0.1) is 12.8 Å². The maximum atomic E-state index is 5.82. The van der Waals surface area contributed by atoms with Gasteiger partial charge in [0, 0.05) is 13.1 Å². The Labute approximate surface area is 119 Å². The third kappa shape index (κ3) is 2.41. The second-order valence-electron chi connectivity index (χ2n) is 5.02. The number of rotatable bonds is 2. The van der Waals surface area contributed by atoms with Gasteiger partial charge in [-0.2, -0.15) is 4.98 Å². The molecule has 2 N–H and O–H groups in total. The molecule has 1 aliphatic heterocycles. The molecule has 2 heterocycles. The van der Waals surface area contributed by atoms with Crippen molar-refractivity contribution >= 4 is 11.5 Å². The van der Waals surface area contributed by atoms with Gasteiger partial charge in [-0.25, -0.2) is 0 Å². The summed E-state index contributed by atoms with van der Waals surface area (Å²) in [5.74, 6) is 1.44. The van der Waals surface area contributed by atoms with Gasteiger partial charge in [0.1, 0.15) is 5.82 Å². The van der Waals surface area contributed by atoms with E-state index < -0.39 is 0 Å². The first kappa shape index (κ1) is 12.8. The van der Waals surface area contributed by atoms with Gasteiger partial charge in [0.15, 0.2) is 0 Å². The molecule has 0 fully saturated rings. The standard InChI is InChI=1S/C16H19N3O/c1-20-16-14(17)6-7-15(18-16)19-10-8-12-4-2-3-5-13(12)9-11-19/h2-7H,8-11,17H2,1H3. The molecule has 4 nitrogen and oxygen atoms in total. The van der Waals surface area contributed by atoms with Crippen molar-refractivity contribution in [3.63, 3.8) is 0 Å². The van der Waals surface area contributed by atoms with Crippen molar-refractivity contribution in [3.8, 4) is 5.88 Å². The van der Waals surface area contributed by atoms with E-state index in [9.17, 15) is 0 Å². The highest BCUT2D eigenvalue weighted by Gasteiger charge is 2.15. The summed E-state index contributed by atoms with van der Waals surface area (Å²) < 4.78 is 5.21. The molecule has 0 saturated carbocycles. The molecule has 2 aromatic rings. The van der Waals surface area contributed by atoms with E-state index in [-0.39, 0.29) is 0 Å². The lowest BCUT2D eigenvalue weighted by atomic mass is 10.0. The van der Waals surface area contributed by atoms with Crippen molar-refractivity contribution in [1.29, 1.82) is 0 Å². The number of ether oxygens (including phenoxy) is 1. The Kier molecular flexibility index (Phi) is 3.46. The Morgan fingerprint density at radius 2 is 1.70 bits per heavy atom. The number of anilines is 2. The molecular formula is C16H19N3O. The van der Waals surface area contributed by atoms with Gasteiger partial charge in [-0.3, -0.25) is 0 Å². The van der Waals surface area contributed by atoms with Gasteiger partial charge in [0.25, 0.3) is 0 Å². The van der Waals surface area contributed by atoms with Crippen LogP contribution in [0.5, 0.6) is 5.88 Å². The van der Waals surface area contributed by atoms with Gasteiger partial charge in [0.2, 0.25) is 5.88 Å². The molecule has 104 valence electrons. The maximum absolute atomic E-state index is 5.82. The number of methoxy groups -OCH3 is 1. The zero-order valence-electron chi connectivity index (χ0n) is 11.7. The van der Waals surface area contributed by atoms with Crippen molar-refractivity contribution in [3.05, 3.63) is 47.5 Å².